The number of H-pyrrole nitrogens is 1. The summed E-state index contributed by atoms with van der Waals surface area (Å²) in [6, 6.07) is -0.862. The number of carbonyl (C=O) groups excluding carboxylic acids is 1. The predicted molar refractivity (Wildman–Crippen MR) is 71.0 cm³/mol. The molecule has 1 heterocycles. The summed E-state index contributed by atoms with van der Waals surface area (Å²) in [5, 5.41) is 8.91. The molecule has 1 amide bonds. The van der Waals surface area contributed by atoms with Crippen LogP contribution in [-0.2, 0) is 14.8 Å². The highest BCUT2D eigenvalue weighted by atomic mass is 32.2. The molecule has 1 atom stereocenters. The van der Waals surface area contributed by atoms with E-state index in [2.05, 4.69) is 20.2 Å². The van der Waals surface area contributed by atoms with Crippen molar-refractivity contribution >= 4 is 15.9 Å². The van der Waals surface area contributed by atoms with Gasteiger partial charge in [0.2, 0.25) is 15.9 Å². The van der Waals surface area contributed by atoms with Gasteiger partial charge in [-0.3, -0.25) is 9.89 Å². The van der Waals surface area contributed by atoms with Crippen molar-refractivity contribution in [3.05, 3.63) is 11.9 Å². The summed E-state index contributed by atoms with van der Waals surface area (Å²) in [4.78, 5) is 11.9. The first kappa shape index (κ1) is 15.6. The molecule has 7 nitrogen and oxygen atoms in total. The Morgan fingerprint density at radius 3 is 2.42 bits per heavy atom. The first-order valence-corrected chi connectivity index (χ1v) is 7.35. The fourth-order valence-electron chi connectivity index (χ4n) is 1.44. The lowest BCUT2D eigenvalue weighted by atomic mass is 10.1. The molecule has 0 saturated carbocycles. The molecule has 0 spiro atoms. The fourth-order valence-corrected chi connectivity index (χ4v) is 2.78. The van der Waals surface area contributed by atoms with E-state index in [1.54, 1.807) is 6.92 Å². The molecule has 0 bridgehead atoms. The van der Waals surface area contributed by atoms with Crippen LogP contribution in [0.15, 0.2) is 11.1 Å². The van der Waals surface area contributed by atoms with Crippen LogP contribution in [0.25, 0.3) is 0 Å². The van der Waals surface area contributed by atoms with Gasteiger partial charge < -0.3 is 5.32 Å². The Labute approximate surface area is 113 Å². The molecule has 0 aromatic carbocycles. The Bertz CT molecular complexity index is 557. The highest BCUT2D eigenvalue weighted by molar-refractivity contribution is 7.89. The fraction of sp³-hybridized carbons (Fsp3) is 0.636. The highest BCUT2D eigenvalue weighted by Gasteiger charge is 2.26. The number of aromatic nitrogens is 2. The van der Waals surface area contributed by atoms with E-state index in [1.807, 2.05) is 20.8 Å². The SMILES string of the molecule is Cc1[nH]ncc1S(=O)(=O)NC(C)C(=O)NC(C)(C)C. The molecular weight excluding hydrogens is 268 g/mol. The van der Waals surface area contributed by atoms with Crippen molar-refractivity contribution in [3.63, 3.8) is 0 Å². The van der Waals surface area contributed by atoms with Crippen LogP contribution in [0.5, 0.6) is 0 Å². The van der Waals surface area contributed by atoms with Gasteiger partial charge in [-0.2, -0.15) is 9.82 Å². The molecule has 0 fully saturated rings. The summed E-state index contributed by atoms with van der Waals surface area (Å²) in [6.07, 6.45) is 1.21. The number of rotatable bonds is 4. The molecule has 8 heteroatoms. The molecule has 1 aromatic rings. The molecule has 1 unspecified atom stereocenters. The van der Waals surface area contributed by atoms with Crippen molar-refractivity contribution in [1.29, 1.82) is 0 Å². The van der Waals surface area contributed by atoms with Gasteiger partial charge in [-0.15, -0.1) is 0 Å². The van der Waals surface area contributed by atoms with Gasteiger partial charge in [0.25, 0.3) is 0 Å². The van der Waals surface area contributed by atoms with Crippen LogP contribution in [0.3, 0.4) is 0 Å². The lowest BCUT2D eigenvalue weighted by Crippen LogP contribution is -2.50. The number of hydrogen-bond donors (Lipinski definition) is 3. The van der Waals surface area contributed by atoms with Crippen molar-refractivity contribution in [3.8, 4) is 0 Å². The van der Waals surface area contributed by atoms with E-state index in [4.69, 9.17) is 0 Å². The minimum absolute atomic E-state index is 0.0444. The second-order valence-corrected chi connectivity index (χ2v) is 7.12. The number of aryl methyl sites for hydroxylation is 1. The monoisotopic (exact) mass is 288 g/mol. The quantitative estimate of drug-likeness (QED) is 0.741. The van der Waals surface area contributed by atoms with Gasteiger partial charge in [0.15, 0.2) is 0 Å². The van der Waals surface area contributed by atoms with Crippen molar-refractivity contribution < 1.29 is 13.2 Å². The Morgan fingerprint density at radius 2 is 2.00 bits per heavy atom. The third-order valence-electron chi connectivity index (χ3n) is 2.30. The Morgan fingerprint density at radius 1 is 1.42 bits per heavy atom. The molecule has 0 aliphatic carbocycles. The zero-order chi connectivity index (χ0) is 14.8. The first-order chi connectivity index (χ1) is 8.53. The summed E-state index contributed by atoms with van der Waals surface area (Å²) < 4.78 is 26.4. The standard InChI is InChI=1S/C11H20N4O3S/c1-7-9(6-12-14-7)19(17,18)15-8(2)10(16)13-11(3,4)5/h6,8,15H,1-5H3,(H,12,14)(H,13,16). The normalized spacial score (nSPS) is 14.2. The molecule has 1 rings (SSSR count). The first-order valence-electron chi connectivity index (χ1n) is 5.87. The van der Waals surface area contributed by atoms with E-state index in [9.17, 15) is 13.2 Å². The molecule has 0 saturated heterocycles. The second-order valence-electron chi connectivity index (χ2n) is 5.44. The summed E-state index contributed by atoms with van der Waals surface area (Å²) in [6.45, 7) is 8.57. The van der Waals surface area contributed by atoms with Crippen LogP contribution in [0.1, 0.15) is 33.4 Å². The topological polar surface area (TPSA) is 104 Å². The number of nitrogens with one attached hydrogen (secondary N) is 3. The average molecular weight is 288 g/mol. The number of sulfonamides is 1. The van der Waals surface area contributed by atoms with Crippen molar-refractivity contribution in [2.75, 3.05) is 0 Å². The Hall–Kier alpha value is -1.41. The van der Waals surface area contributed by atoms with Crippen molar-refractivity contribution in [2.45, 2.75) is 51.1 Å². The number of nitrogens with zero attached hydrogens (tertiary/aromatic N) is 1. The van der Waals surface area contributed by atoms with Crippen LogP contribution in [0.4, 0.5) is 0 Å². The molecule has 108 valence electrons. The van der Waals surface area contributed by atoms with Crippen molar-refractivity contribution in [2.24, 2.45) is 0 Å². The van der Waals surface area contributed by atoms with Crippen LogP contribution >= 0.6 is 0 Å². The smallest absolute Gasteiger partial charge is 0.244 e. The van der Waals surface area contributed by atoms with Gasteiger partial charge in [-0.1, -0.05) is 0 Å². The van der Waals surface area contributed by atoms with Crippen molar-refractivity contribution in [1.82, 2.24) is 20.2 Å². The molecule has 3 N–H and O–H groups in total. The number of aromatic amines is 1. The van der Waals surface area contributed by atoms with E-state index in [0.717, 1.165) is 0 Å². The second kappa shape index (κ2) is 5.30. The molecule has 1 aromatic heterocycles. The highest BCUT2D eigenvalue weighted by Crippen LogP contribution is 2.11. The lowest BCUT2D eigenvalue weighted by Gasteiger charge is -2.23. The minimum atomic E-state index is -3.75. The van der Waals surface area contributed by atoms with Gasteiger partial charge in [0, 0.05) is 5.54 Å². The summed E-state index contributed by atoms with van der Waals surface area (Å²) in [7, 11) is -3.75. The van der Waals surface area contributed by atoms with E-state index < -0.39 is 21.6 Å². The van der Waals surface area contributed by atoms with Gasteiger partial charge in [-0.05, 0) is 34.6 Å². The third kappa shape index (κ3) is 4.32. The zero-order valence-electron chi connectivity index (χ0n) is 11.7. The minimum Gasteiger partial charge on any atom is -0.350 e. The molecule has 0 radical (unpaired) electrons. The predicted octanol–water partition coefficient (Wildman–Crippen LogP) is 0.300. The molecule has 0 aliphatic heterocycles. The van der Waals surface area contributed by atoms with Gasteiger partial charge in [-0.25, -0.2) is 8.42 Å². The van der Waals surface area contributed by atoms with Crippen LogP contribution in [0.2, 0.25) is 0 Å². The lowest BCUT2D eigenvalue weighted by molar-refractivity contribution is -0.123. The van der Waals surface area contributed by atoms with E-state index in [-0.39, 0.29) is 10.8 Å². The van der Waals surface area contributed by atoms with Gasteiger partial charge >= 0.3 is 0 Å². The number of carbonyl (C=O) groups is 1. The Kier molecular flexibility index (Phi) is 4.36. The van der Waals surface area contributed by atoms with E-state index in [1.165, 1.54) is 13.1 Å². The summed E-state index contributed by atoms with van der Waals surface area (Å²) >= 11 is 0. The molecule has 19 heavy (non-hydrogen) atoms. The molecular formula is C11H20N4O3S. The van der Waals surface area contributed by atoms with Gasteiger partial charge in [0.05, 0.1) is 17.9 Å². The summed E-state index contributed by atoms with van der Waals surface area (Å²) in [5.74, 6) is -0.378. The van der Waals surface area contributed by atoms with Crippen LogP contribution in [0, 0.1) is 6.92 Å². The van der Waals surface area contributed by atoms with Crippen LogP contribution < -0.4 is 10.0 Å². The maximum absolute atomic E-state index is 12.0. The largest absolute Gasteiger partial charge is 0.350 e. The van der Waals surface area contributed by atoms with E-state index >= 15 is 0 Å². The number of amides is 1. The van der Waals surface area contributed by atoms with E-state index in [0.29, 0.717) is 5.69 Å². The third-order valence-corrected chi connectivity index (χ3v) is 3.95. The average Bonchev–Trinajstić information content (AvgIpc) is 2.61. The van der Waals surface area contributed by atoms with Gasteiger partial charge in [0.1, 0.15) is 4.90 Å². The maximum Gasteiger partial charge on any atom is 0.244 e. The number of hydrogen-bond acceptors (Lipinski definition) is 4. The summed E-state index contributed by atoms with van der Waals surface area (Å²) in [5.41, 5.74) is 0.0124. The zero-order valence-corrected chi connectivity index (χ0v) is 12.6. The van der Waals surface area contributed by atoms with Crippen LogP contribution in [-0.4, -0.2) is 36.1 Å². The molecule has 0 aliphatic rings. The maximum atomic E-state index is 12.0. The Balaban J connectivity index is 2.80.